The number of rotatable bonds is 10. The van der Waals surface area contributed by atoms with Gasteiger partial charge in [-0.05, 0) is 57.1 Å². The monoisotopic (exact) mass is 592 g/mol. The third-order valence-electron chi connectivity index (χ3n) is 9.66. The number of hydrogen-bond donors (Lipinski definition) is 3. The third-order valence-corrected chi connectivity index (χ3v) is 9.66. The summed E-state index contributed by atoms with van der Waals surface area (Å²) in [7, 11) is 0. The molecule has 11 heteroatoms. The zero-order chi connectivity index (χ0) is 30.5. The van der Waals surface area contributed by atoms with E-state index in [-0.39, 0.29) is 29.6 Å². The van der Waals surface area contributed by atoms with Crippen LogP contribution in [0, 0.1) is 37.5 Å². The maximum atomic E-state index is 15.3. The Bertz CT molecular complexity index is 1370. The Morgan fingerprint density at radius 2 is 1.70 bits per heavy atom. The van der Waals surface area contributed by atoms with Crippen molar-refractivity contribution in [3.05, 3.63) is 41.4 Å². The highest BCUT2D eigenvalue weighted by Crippen LogP contribution is 2.42. The SMILES string of the molecule is CCC(C)n1nncc1C(=O)N[C@H](C(=O)Nc1ccc(-c2c(C)n[nH]c2C)c(F)n1)C(C1CCCCC1)C1CCCCC1. The predicted octanol–water partition coefficient (Wildman–Crippen LogP) is 6.30. The van der Waals surface area contributed by atoms with Gasteiger partial charge in [-0.3, -0.25) is 14.7 Å². The Labute approximate surface area is 253 Å². The number of pyridine rings is 1. The molecule has 0 aliphatic heterocycles. The van der Waals surface area contributed by atoms with Crippen molar-refractivity contribution >= 4 is 17.6 Å². The number of halogens is 1. The van der Waals surface area contributed by atoms with Crippen molar-refractivity contribution in [3.63, 3.8) is 0 Å². The molecule has 10 nitrogen and oxygen atoms in total. The molecule has 2 atom stereocenters. The molecule has 2 aliphatic carbocycles. The molecular formula is C32H45FN8O2. The number of carbonyl (C=O) groups excluding carboxylic acids is 2. The lowest BCUT2D eigenvalue weighted by Crippen LogP contribution is -2.53. The van der Waals surface area contributed by atoms with Crippen LogP contribution in [-0.2, 0) is 4.79 Å². The highest BCUT2D eigenvalue weighted by atomic mass is 19.1. The minimum atomic E-state index is -0.804. The predicted molar refractivity (Wildman–Crippen MR) is 163 cm³/mol. The van der Waals surface area contributed by atoms with Gasteiger partial charge < -0.3 is 10.6 Å². The molecule has 0 bridgehead atoms. The summed E-state index contributed by atoms with van der Waals surface area (Å²) in [4.78, 5) is 32.1. The van der Waals surface area contributed by atoms with E-state index in [1.807, 2.05) is 20.8 Å². The molecule has 0 aromatic carbocycles. The van der Waals surface area contributed by atoms with Crippen molar-refractivity contribution in [2.75, 3.05) is 5.32 Å². The highest BCUT2D eigenvalue weighted by Gasteiger charge is 2.41. The molecule has 0 radical (unpaired) electrons. The number of carbonyl (C=O) groups is 2. The fourth-order valence-electron chi connectivity index (χ4n) is 7.27. The average Bonchev–Trinajstić information content (AvgIpc) is 3.64. The van der Waals surface area contributed by atoms with E-state index in [9.17, 15) is 9.59 Å². The second kappa shape index (κ2) is 13.8. The minimum absolute atomic E-state index is 0.0174. The van der Waals surface area contributed by atoms with Gasteiger partial charge in [-0.2, -0.15) is 9.49 Å². The van der Waals surface area contributed by atoms with Crippen LogP contribution < -0.4 is 10.6 Å². The molecule has 3 heterocycles. The number of aromatic nitrogens is 6. The topological polar surface area (TPSA) is 130 Å². The van der Waals surface area contributed by atoms with E-state index in [2.05, 4.69) is 36.1 Å². The van der Waals surface area contributed by atoms with Crippen LogP contribution in [0.3, 0.4) is 0 Å². The van der Waals surface area contributed by atoms with Crippen LogP contribution in [0.2, 0.25) is 0 Å². The van der Waals surface area contributed by atoms with Crippen molar-refractivity contribution < 1.29 is 14.0 Å². The van der Waals surface area contributed by atoms with Gasteiger partial charge in [0.15, 0.2) is 0 Å². The van der Waals surface area contributed by atoms with E-state index < -0.39 is 12.0 Å². The molecule has 1 unspecified atom stereocenters. The smallest absolute Gasteiger partial charge is 0.271 e. The second-order valence-electron chi connectivity index (χ2n) is 12.5. The minimum Gasteiger partial charge on any atom is -0.339 e. The lowest BCUT2D eigenvalue weighted by atomic mass is 9.66. The number of aromatic amines is 1. The largest absolute Gasteiger partial charge is 0.339 e. The Balaban J connectivity index is 1.47. The van der Waals surface area contributed by atoms with Crippen LogP contribution in [0.4, 0.5) is 10.2 Å². The number of aryl methyl sites for hydroxylation is 2. The van der Waals surface area contributed by atoms with Crippen molar-refractivity contribution in [1.29, 1.82) is 0 Å². The Morgan fingerprint density at radius 1 is 1.05 bits per heavy atom. The maximum Gasteiger partial charge on any atom is 0.271 e. The first-order valence-corrected chi connectivity index (χ1v) is 16.0. The molecule has 0 spiro atoms. The van der Waals surface area contributed by atoms with E-state index in [4.69, 9.17) is 0 Å². The van der Waals surface area contributed by atoms with Crippen molar-refractivity contribution in [2.45, 2.75) is 110 Å². The summed E-state index contributed by atoms with van der Waals surface area (Å²) >= 11 is 0. The summed E-state index contributed by atoms with van der Waals surface area (Å²) in [6.07, 6.45) is 13.3. The second-order valence-corrected chi connectivity index (χ2v) is 12.5. The van der Waals surface area contributed by atoms with E-state index in [0.29, 0.717) is 34.4 Å². The summed E-state index contributed by atoms with van der Waals surface area (Å²) < 4.78 is 16.9. The van der Waals surface area contributed by atoms with Gasteiger partial charge >= 0.3 is 0 Å². The van der Waals surface area contributed by atoms with E-state index >= 15 is 4.39 Å². The third kappa shape index (κ3) is 6.80. The number of H-pyrrole nitrogens is 1. The molecule has 3 aromatic rings. The van der Waals surface area contributed by atoms with Crippen LogP contribution in [0.1, 0.15) is 112 Å². The maximum absolute atomic E-state index is 15.3. The van der Waals surface area contributed by atoms with Gasteiger partial charge in [-0.1, -0.05) is 76.3 Å². The summed E-state index contributed by atoms with van der Waals surface area (Å²) in [6, 6.07) is 2.41. The lowest BCUT2D eigenvalue weighted by molar-refractivity contribution is -0.121. The van der Waals surface area contributed by atoms with Gasteiger partial charge in [-0.15, -0.1) is 5.10 Å². The van der Waals surface area contributed by atoms with Crippen LogP contribution in [-0.4, -0.2) is 48.0 Å². The fraction of sp³-hybridized carbons (Fsp3) is 0.625. The van der Waals surface area contributed by atoms with Gasteiger partial charge in [0.1, 0.15) is 17.6 Å². The summed E-state index contributed by atoms with van der Waals surface area (Å²) in [6.45, 7) is 7.65. The van der Waals surface area contributed by atoms with E-state index in [1.54, 1.807) is 23.7 Å². The van der Waals surface area contributed by atoms with Gasteiger partial charge in [0.05, 0.1) is 17.9 Å². The van der Waals surface area contributed by atoms with Crippen LogP contribution in [0.15, 0.2) is 18.3 Å². The Kier molecular flexibility index (Phi) is 9.87. The quantitative estimate of drug-likeness (QED) is 0.237. The van der Waals surface area contributed by atoms with Gasteiger partial charge in [-0.25, -0.2) is 9.67 Å². The van der Waals surface area contributed by atoms with Crippen molar-refractivity contribution in [1.82, 2.24) is 35.5 Å². The zero-order valence-electron chi connectivity index (χ0n) is 25.8. The van der Waals surface area contributed by atoms with Crippen LogP contribution in [0.25, 0.3) is 11.1 Å². The first-order chi connectivity index (χ1) is 20.8. The molecule has 3 aromatic heterocycles. The number of nitrogens with one attached hydrogen (secondary N) is 3. The molecule has 0 saturated heterocycles. The van der Waals surface area contributed by atoms with Crippen molar-refractivity contribution in [2.24, 2.45) is 17.8 Å². The normalized spacial score (nSPS) is 18.0. The molecule has 2 fully saturated rings. The molecule has 5 rings (SSSR count). The molecule has 232 valence electrons. The van der Waals surface area contributed by atoms with Gasteiger partial charge in [0, 0.05) is 16.8 Å². The number of nitrogens with zero attached hydrogens (tertiary/aromatic N) is 5. The zero-order valence-corrected chi connectivity index (χ0v) is 25.8. The Morgan fingerprint density at radius 3 is 2.26 bits per heavy atom. The molecule has 2 amide bonds. The first-order valence-electron chi connectivity index (χ1n) is 16.0. The molecule has 43 heavy (non-hydrogen) atoms. The Hall–Kier alpha value is -3.63. The summed E-state index contributed by atoms with van der Waals surface area (Å²) in [5, 5.41) is 21.2. The highest BCUT2D eigenvalue weighted by molar-refractivity contribution is 6.00. The van der Waals surface area contributed by atoms with Crippen molar-refractivity contribution in [3.8, 4) is 11.1 Å². The number of anilines is 1. The van der Waals surface area contributed by atoms with E-state index in [1.165, 1.54) is 19.0 Å². The number of hydrogen-bond acceptors (Lipinski definition) is 6. The number of amides is 2. The summed E-state index contributed by atoms with van der Waals surface area (Å²) in [5.74, 6) is -0.700. The average molecular weight is 593 g/mol. The molecule has 3 N–H and O–H groups in total. The summed E-state index contributed by atoms with van der Waals surface area (Å²) in [5.41, 5.74) is 2.73. The lowest BCUT2D eigenvalue weighted by Gasteiger charge is -2.41. The van der Waals surface area contributed by atoms with Gasteiger partial charge in [0.2, 0.25) is 11.9 Å². The fourth-order valence-corrected chi connectivity index (χ4v) is 7.27. The van der Waals surface area contributed by atoms with Gasteiger partial charge in [0.25, 0.3) is 5.91 Å². The molecule has 2 aliphatic rings. The first kappa shape index (κ1) is 30.8. The van der Waals surface area contributed by atoms with Crippen LogP contribution in [0.5, 0.6) is 0 Å². The van der Waals surface area contributed by atoms with Crippen LogP contribution >= 0.6 is 0 Å². The molecular weight excluding hydrogens is 547 g/mol. The standard InChI is InChI=1S/C32H45FN8O2/c1-5-19(2)41-25(18-34-40-41)31(42)37-29(28(22-12-8-6-9-13-22)23-14-10-7-11-15-23)32(43)36-26-17-16-24(30(33)35-26)27-20(3)38-39-21(27)4/h16-19,22-23,28-29H,5-15H2,1-4H3,(H,37,42)(H,38,39)(H,35,36,43)/t19?,29-/m0/s1. The molecule has 2 saturated carbocycles. The van der Waals surface area contributed by atoms with E-state index in [0.717, 1.165) is 63.5 Å².